The normalized spacial score (nSPS) is 15.0. The highest BCUT2D eigenvalue weighted by Crippen LogP contribution is 2.28. The third kappa shape index (κ3) is 3.78. The van der Waals surface area contributed by atoms with Gasteiger partial charge in [0.1, 0.15) is 0 Å². The summed E-state index contributed by atoms with van der Waals surface area (Å²) in [6.45, 7) is 4.06. The van der Waals surface area contributed by atoms with Crippen LogP contribution in [0.5, 0.6) is 0 Å². The second-order valence-corrected chi connectivity index (χ2v) is 7.07. The summed E-state index contributed by atoms with van der Waals surface area (Å²) in [6, 6.07) is 10.5. The SMILES string of the molecule is Cc1nn(-c2ccccc2)c(C)c1SCC(=O)NC1CCCC1. The number of aryl methyl sites for hydroxylation is 1. The van der Waals surface area contributed by atoms with Crippen molar-refractivity contribution in [1.29, 1.82) is 0 Å². The highest BCUT2D eigenvalue weighted by Gasteiger charge is 2.19. The first kappa shape index (κ1) is 16.1. The summed E-state index contributed by atoms with van der Waals surface area (Å²) in [7, 11) is 0. The number of thioether (sulfide) groups is 1. The molecule has 0 bridgehead atoms. The maximum absolute atomic E-state index is 12.1. The first-order chi connectivity index (χ1) is 11.1. The van der Waals surface area contributed by atoms with E-state index in [0.717, 1.165) is 34.8 Å². The van der Waals surface area contributed by atoms with Crippen LogP contribution in [0.2, 0.25) is 0 Å². The summed E-state index contributed by atoms with van der Waals surface area (Å²) >= 11 is 1.59. The highest BCUT2D eigenvalue weighted by atomic mass is 32.2. The number of amides is 1. The lowest BCUT2D eigenvalue weighted by atomic mass is 10.2. The Balaban J connectivity index is 1.66. The van der Waals surface area contributed by atoms with Gasteiger partial charge in [-0.15, -0.1) is 11.8 Å². The minimum Gasteiger partial charge on any atom is -0.353 e. The number of carbonyl (C=O) groups is 1. The van der Waals surface area contributed by atoms with E-state index >= 15 is 0 Å². The molecule has 1 saturated carbocycles. The third-order valence-electron chi connectivity index (χ3n) is 4.29. The van der Waals surface area contributed by atoms with Crippen LogP contribution < -0.4 is 5.32 Å². The van der Waals surface area contributed by atoms with Crippen LogP contribution in [0.25, 0.3) is 5.69 Å². The average Bonchev–Trinajstić information content (AvgIpc) is 3.15. The molecule has 5 heteroatoms. The number of nitrogens with zero attached hydrogens (tertiary/aromatic N) is 2. The van der Waals surface area contributed by atoms with Gasteiger partial charge in [0.2, 0.25) is 5.91 Å². The molecule has 1 amide bonds. The van der Waals surface area contributed by atoms with E-state index in [-0.39, 0.29) is 5.91 Å². The summed E-state index contributed by atoms with van der Waals surface area (Å²) in [5, 5.41) is 7.77. The van der Waals surface area contributed by atoms with E-state index in [0.29, 0.717) is 11.8 Å². The van der Waals surface area contributed by atoms with Crippen molar-refractivity contribution in [3.8, 4) is 5.69 Å². The Morgan fingerprint density at radius 1 is 1.26 bits per heavy atom. The van der Waals surface area contributed by atoms with Gasteiger partial charge in [0.05, 0.1) is 27.7 Å². The van der Waals surface area contributed by atoms with Crippen LogP contribution in [0, 0.1) is 13.8 Å². The van der Waals surface area contributed by atoms with Crippen molar-refractivity contribution >= 4 is 17.7 Å². The molecule has 1 aliphatic rings. The number of rotatable bonds is 5. The van der Waals surface area contributed by atoms with Crippen LogP contribution in [-0.4, -0.2) is 27.5 Å². The summed E-state index contributed by atoms with van der Waals surface area (Å²) in [4.78, 5) is 13.2. The van der Waals surface area contributed by atoms with Crippen LogP contribution in [-0.2, 0) is 4.79 Å². The molecule has 4 nitrogen and oxygen atoms in total. The molecule has 2 aromatic rings. The van der Waals surface area contributed by atoms with Gasteiger partial charge in [-0.05, 0) is 38.8 Å². The predicted octanol–water partition coefficient (Wildman–Crippen LogP) is 3.64. The van der Waals surface area contributed by atoms with Crippen molar-refractivity contribution in [2.75, 3.05) is 5.75 Å². The maximum atomic E-state index is 12.1. The van der Waals surface area contributed by atoms with Crippen LogP contribution >= 0.6 is 11.8 Å². The first-order valence-corrected chi connectivity index (χ1v) is 9.17. The van der Waals surface area contributed by atoms with Gasteiger partial charge in [-0.2, -0.15) is 5.10 Å². The minimum atomic E-state index is 0.133. The van der Waals surface area contributed by atoms with Gasteiger partial charge in [-0.1, -0.05) is 31.0 Å². The Morgan fingerprint density at radius 3 is 2.65 bits per heavy atom. The fraction of sp³-hybridized carbons (Fsp3) is 0.444. The lowest BCUT2D eigenvalue weighted by Crippen LogP contribution is -2.33. The van der Waals surface area contributed by atoms with E-state index in [4.69, 9.17) is 0 Å². The number of nitrogens with one attached hydrogen (secondary N) is 1. The fourth-order valence-electron chi connectivity index (χ4n) is 3.14. The van der Waals surface area contributed by atoms with E-state index < -0.39 is 0 Å². The molecule has 0 radical (unpaired) electrons. The molecule has 0 spiro atoms. The number of benzene rings is 1. The number of para-hydroxylation sites is 1. The summed E-state index contributed by atoms with van der Waals surface area (Å²) in [6.07, 6.45) is 4.72. The summed E-state index contributed by atoms with van der Waals surface area (Å²) in [5.74, 6) is 0.590. The second-order valence-electron chi connectivity index (χ2n) is 6.08. The van der Waals surface area contributed by atoms with Gasteiger partial charge >= 0.3 is 0 Å². The molecule has 122 valence electrons. The van der Waals surface area contributed by atoms with Crippen molar-refractivity contribution in [2.45, 2.75) is 50.5 Å². The summed E-state index contributed by atoms with van der Waals surface area (Å²) < 4.78 is 1.95. The van der Waals surface area contributed by atoms with Gasteiger partial charge in [0, 0.05) is 6.04 Å². The molecule has 1 N–H and O–H groups in total. The monoisotopic (exact) mass is 329 g/mol. The molecule has 1 aromatic heterocycles. The largest absolute Gasteiger partial charge is 0.353 e. The maximum Gasteiger partial charge on any atom is 0.230 e. The van der Waals surface area contributed by atoms with Crippen molar-refractivity contribution in [3.05, 3.63) is 41.7 Å². The van der Waals surface area contributed by atoms with Crippen molar-refractivity contribution in [3.63, 3.8) is 0 Å². The molecule has 1 aromatic carbocycles. The Morgan fingerprint density at radius 2 is 1.96 bits per heavy atom. The highest BCUT2D eigenvalue weighted by molar-refractivity contribution is 8.00. The molecule has 0 unspecified atom stereocenters. The molecule has 23 heavy (non-hydrogen) atoms. The number of hydrogen-bond acceptors (Lipinski definition) is 3. The Bertz CT molecular complexity index is 675. The molecule has 0 aliphatic heterocycles. The van der Waals surface area contributed by atoms with Crippen LogP contribution in [0.4, 0.5) is 0 Å². The first-order valence-electron chi connectivity index (χ1n) is 8.19. The quantitative estimate of drug-likeness (QED) is 0.852. The van der Waals surface area contributed by atoms with E-state index in [9.17, 15) is 4.79 Å². The zero-order chi connectivity index (χ0) is 16.2. The van der Waals surface area contributed by atoms with Gasteiger partial charge in [0.15, 0.2) is 0 Å². The van der Waals surface area contributed by atoms with Gasteiger partial charge in [0.25, 0.3) is 0 Å². The fourth-order valence-corrected chi connectivity index (χ4v) is 4.04. The molecule has 1 heterocycles. The average molecular weight is 329 g/mol. The molecule has 1 aliphatic carbocycles. The van der Waals surface area contributed by atoms with Crippen LogP contribution in [0.15, 0.2) is 35.2 Å². The Labute approximate surface area is 141 Å². The molecular weight excluding hydrogens is 306 g/mol. The molecule has 1 fully saturated rings. The molecule has 0 saturated heterocycles. The summed E-state index contributed by atoms with van der Waals surface area (Å²) in [5.41, 5.74) is 3.12. The van der Waals surface area contributed by atoms with E-state index in [1.54, 1.807) is 11.8 Å². The second kappa shape index (κ2) is 7.21. The predicted molar refractivity (Wildman–Crippen MR) is 94.2 cm³/mol. The van der Waals surface area contributed by atoms with Gasteiger partial charge in [-0.25, -0.2) is 4.68 Å². The molecule has 0 atom stereocenters. The smallest absolute Gasteiger partial charge is 0.230 e. The minimum absolute atomic E-state index is 0.133. The zero-order valence-electron chi connectivity index (χ0n) is 13.7. The Kier molecular flexibility index (Phi) is 5.06. The van der Waals surface area contributed by atoms with E-state index in [1.807, 2.05) is 41.9 Å². The van der Waals surface area contributed by atoms with Crippen molar-refractivity contribution < 1.29 is 4.79 Å². The van der Waals surface area contributed by atoms with Crippen LogP contribution in [0.3, 0.4) is 0 Å². The van der Waals surface area contributed by atoms with E-state index in [1.165, 1.54) is 12.8 Å². The third-order valence-corrected chi connectivity index (χ3v) is 5.58. The zero-order valence-corrected chi connectivity index (χ0v) is 14.5. The standard InChI is InChI=1S/C18H23N3OS/c1-13-18(23-12-17(22)19-15-8-6-7-9-15)14(2)21(20-13)16-10-4-3-5-11-16/h3-5,10-11,15H,6-9,12H2,1-2H3,(H,19,22). The lowest BCUT2D eigenvalue weighted by Gasteiger charge is -2.11. The van der Waals surface area contributed by atoms with Crippen molar-refractivity contribution in [2.24, 2.45) is 0 Å². The van der Waals surface area contributed by atoms with Crippen LogP contribution in [0.1, 0.15) is 37.1 Å². The van der Waals surface area contributed by atoms with Crippen molar-refractivity contribution in [1.82, 2.24) is 15.1 Å². The number of aromatic nitrogens is 2. The Hall–Kier alpha value is -1.75. The lowest BCUT2D eigenvalue weighted by molar-refractivity contribution is -0.119. The van der Waals surface area contributed by atoms with E-state index in [2.05, 4.69) is 17.3 Å². The van der Waals surface area contributed by atoms with Gasteiger partial charge < -0.3 is 5.32 Å². The molecular formula is C18H23N3OS. The van der Waals surface area contributed by atoms with Gasteiger partial charge in [-0.3, -0.25) is 4.79 Å². The topological polar surface area (TPSA) is 46.9 Å². The number of carbonyl (C=O) groups excluding carboxylic acids is 1. The number of hydrogen-bond donors (Lipinski definition) is 1. The molecule has 3 rings (SSSR count).